The molecule has 4 rings (SSSR count). The fraction of sp³-hybridized carbons (Fsp3) is 0.400. The Bertz CT molecular complexity index is 894. The van der Waals surface area contributed by atoms with Gasteiger partial charge >= 0.3 is 6.09 Å². The maximum Gasteiger partial charge on any atom is 0.410 e. The second-order valence-corrected chi connectivity index (χ2v) is 7.26. The summed E-state index contributed by atoms with van der Waals surface area (Å²) in [4.78, 5) is 34.1. The molecule has 1 aliphatic carbocycles. The highest BCUT2D eigenvalue weighted by molar-refractivity contribution is 5.91. The summed E-state index contributed by atoms with van der Waals surface area (Å²) in [7, 11) is 0. The molecular formula is C20H20F2N4O3. The number of amides is 2. The molecule has 2 fully saturated rings. The molecule has 2 aliphatic rings. The second kappa shape index (κ2) is 8.10. The Morgan fingerprint density at radius 3 is 2.28 bits per heavy atom. The standard InChI is InChI=1S/C20H20F2N4O3/c21-15-7-13(8-16(22)9-15)14-10-23-19(24-11-14)25-18(27)12-1-3-17(4-2-12)26-5-6-29-20(26)28/h7-12,17H,1-6H2,(H,23,24,25,27)/t12-,17+. The summed E-state index contributed by atoms with van der Waals surface area (Å²) in [6, 6.07) is 3.29. The summed E-state index contributed by atoms with van der Waals surface area (Å²) in [5.41, 5.74) is 0.763. The van der Waals surface area contributed by atoms with E-state index < -0.39 is 11.6 Å². The van der Waals surface area contributed by atoms with Crippen molar-refractivity contribution in [1.82, 2.24) is 14.9 Å². The molecule has 29 heavy (non-hydrogen) atoms. The number of ether oxygens (including phenoxy) is 1. The highest BCUT2D eigenvalue weighted by Crippen LogP contribution is 2.30. The van der Waals surface area contributed by atoms with Crippen LogP contribution in [0.1, 0.15) is 25.7 Å². The largest absolute Gasteiger partial charge is 0.448 e. The lowest BCUT2D eigenvalue weighted by Crippen LogP contribution is -2.40. The van der Waals surface area contributed by atoms with Gasteiger partial charge in [-0.05, 0) is 43.4 Å². The Morgan fingerprint density at radius 2 is 1.69 bits per heavy atom. The molecule has 152 valence electrons. The molecule has 0 spiro atoms. The van der Waals surface area contributed by atoms with Crippen molar-refractivity contribution in [2.24, 2.45) is 5.92 Å². The zero-order valence-electron chi connectivity index (χ0n) is 15.6. The van der Waals surface area contributed by atoms with Gasteiger partial charge in [-0.15, -0.1) is 0 Å². The predicted molar refractivity (Wildman–Crippen MR) is 99.8 cm³/mol. The molecule has 0 radical (unpaired) electrons. The van der Waals surface area contributed by atoms with Gasteiger partial charge in [0.25, 0.3) is 0 Å². The number of carbonyl (C=O) groups excluding carboxylic acids is 2. The van der Waals surface area contributed by atoms with E-state index in [4.69, 9.17) is 4.74 Å². The molecule has 2 amide bonds. The van der Waals surface area contributed by atoms with E-state index in [1.54, 1.807) is 4.90 Å². The van der Waals surface area contributed by atoms with E-state index in [0.29, 0.717) is 37.1 Å². The van der Waals surface area contributed by atoms with E-state index >= 15 is 0 Å². The number of hydrogen-bond acceptors (Lipinski definition) is 5. The third-order valence-corrected chi connectivity index (χ3v) is 5.38. The van der Waals surface area contributed by atoms with Gasteiger partial charge in [-0.2, -0.15) is 0 Å². The smallest absolute Gasteiger partial charge is 0.410 e. The molecule has 0 atom stereocenters. The Labute approximate surface area is 166 Å². The van der Waals surface area contributed by atoms with Gasteiger partial charge in [-0.25, -0.2) is 23.5 Å². The summed E-state index contributed by atoms with van der Waals surface area (Å²) < 4.78 is 31.7. The SMILES string of the molecule is O=C1OCCN1[C@H]1CC[C@@H](C(=O)Nc2ncc(-c3cc(F)cc(F)c3)cn2)CC1. The summed E-state index contributed by atoms with van der Waals surface area (Å²) in [5.74, 6) is -1.58. The van der Waals surface area contributed by atoms with E-state index in [2.05, 4.69) is 15.3 Å². The van der Waals surface area contributed by atoms with Crippen molar-refractivity contribution >= 4 is 17.9 Å². The van der Waals surface area contributed by atoms with Crippen LogP contribution in [0.25, 0.3) is 11.1 Å². The maximum absolute atomic E-state index is 13.4. The highest BCUT2D eigenvalue weighted by Gasteiger charge is 2.34. The highest BCUT2D eigenvalue weighted by atomic mass is 19.1. The normalized spacial score (nSPS) is 21.7. The van der Waals surface area contributed by atoms with Crippen molar-refractivity contribution in [3.05, 3.63) is 42.2 Å². The van der Waals surface area contributed by atoms with Gasteiger partial charge in [0.15, 0.2) is 0 Å². The molecule has 0 unspecified atom stereocenters. The van der Waals surface area contributed by atoms with Gasteiger partial charge < -0.3 is 9.64 Å². The number of nitrogens with zero attached hydrogens (tertiary/aromatic N) is 3. The van der Waals surface area contributed by atoms with Crippen molar-refractivity contribution in [1.29, 1.82) is 0 Å². The molecule has 1 aliphatic heterocycles. The summed E-state index contributed by atoms with van der Waals surface area (Å²) >= 11 is 0. The van der Waals surface area contributed by atoms with Gasteiger partial charge in [0, 0.05) is 36.0 Å². The summed E-state index contributed by atoms with van der Waals surface area (Å²) in [6.45, 7) is 1.03. The van der Waals surface area contributed by atoms with E-state index in [1.807, 2.05) is 0 Å². The van der Waals surface area contributed by atoms with E-state index in [-0.39, 0.29) is 29.9 Å². The number of rotatable bonds is 4. The third-order valence-electron chi connectivity index (χ3n) is 5.38. The molecule has 1 N–H and O–H groups in total. The number of aromatic nitrogens is 2. The van der Waals surface area contributed by atoms with Gasteiger partial charge in [0.1, 0.15) is 18.2 Å². The van der Waals surface area contributed by atoms with Crippen molar-refractivity contribution in [2.75, 3.05) is 18.5 Å². The van der Waals surface area contributed by atoms with Crippen molar-refractivity contribution < 1.29 is 23.1 Å². The number of carbonyl (C=O) groups is 2. The first kappa shape index (κ1) is 19.2. The Morgan fingerprint density at radius 1 is 1.03 bits per heavy atom. The minimum atomic E-state index is -0.685. The molecule has 1 saturated carbocycles. The first-order chi connectivity index (χ1) is 14.0. The fourth-order valence-electron chi connectivity index (χ4n) is 3.86. The van der Waals surface area contributed by atoms with Crippen LogP contribution in [0.2, 0.25) is 0 Å². The van der Waals surface area contributed by atoms with Crippen LogP contribution >= 0.6 is 0 Å². The number of nitrogens with one attached hydrogen (secondary N) is 1. The van der Waals surface area contributed by atoms with Crippen LogP contribution in [0.3, 0.4) is 0 Å². The van der Waals surface area contributed by atoms with Crippen LogP contribution in [0.5, 0.6) is 0 Å². The van der Waals surface area contributed by atoms with Crippen molar-refractivity contribution in [2.45, 2.75) is 31.7 Å². The lowest BCUT2D eigenvalue weighted by molar-refractivity contribution is -0.121. The summed E-state index contributed by atoms with van der Waals surface area (Å²) in [5, 5.41) is 2.69. The molecule has 0 bridgehead atoms. The Kier molecular flexibility index (Phi) is 5.37. The zero-order valence-corrected chi connectivity index (χ0v) is 15.6. The molecule has 7 nitrogen and oxygen atoms in total. The number of benzene rings is 1. The average Bonchev–Trinajstić information content (AvgIpc) is 3.14. The van der Waals surface area contributed by atoms with E-state index in [9.17, 15) is 18.4 Å². The monoisotopic (exact) mass is 402 g/mol. The Balaban J connectivity index is 1.33. The molecular weight excluding hydrogens is 382 g/mol. The maximum atomic E-state index is 13.4. The van der Waals surface area contributed by atoms with Crippen LogP contribution < -0.4 is 5.32 Å². The van der Waals surface area contributed by atoms with Crippen LogP contribution in [0.4, 0.5) is 19.5 Å². The van der Waals surface area contributed by atoms with E-state index in [0.717, 1.165) is 18.9 Å². The van der Waals surface area contributed by atoms with Crippen molar-refractivity contribution in [3.63, 3.8) is 0 Å². The van der Waals surface area contributed by atoms with Gasteiger partial charge in [0.05, 0.1) is 6.54 Å². The summed E-state index contributed by atoms with van der Waals surface area (Å²) in [6.07, 6.45) is 5.38. The Hall–Kier alpha value is -3.10. The lowest BCUT2D eigenvalue weighted by atomic mass is 9.85. The van der Waals surface area contributed by atoms with Crippen LogP contribution in [-0.2, 0) is 9.53 Å². The minimum Gasteiger partial charge on any atom is -0.448 e. The lowest BCUT2D eigenvalue weighted by Gasteiger charge is -2.32. The predicted octanol–water partition coefficient (Wildman–Crippen LogP) is 3.37. The number of hydrogen-bond donors (Lipinski definition) is 1. The van der Waals surface area contributed by atoms with E-state index in [1.165, 1.54) is 24.5 Å². The van der Waals surface area contributed by atoms with Gasteiger partial charge in [-0.3, -0.25) is 10.1 Å². The quantitative estimate of drug-likeness (QED) is 0.848. The number of anilines is 1. The fourth-order valence-corrected chi connectivity index (χ4v) is 3.86. The molecule has 1 saturated heterocycles. The molecule has 9 heteroatoms. The van der Waals surface area contributed by atoms with Gasteiger partial charge in [0.2, 0.25) is 11.9 Å². The van der Waals surface area contributed by atoms with Crippen LogP contribution in [-0.4, -0.2) is 46.1 Å². The minimum absolute atomic E-state index is 0.122. The molecule has 1 aromatic heterocycles. The number of halogens is 2. The molecule has 2 aromatic rings. The third kappa shape index (κ3) is 4.33. The average molecular weight is 402 g/mol. The zero-order chi connectivity index (χ0) is 20.4. The molecule has 2 heterocycles. The van der Waals surface area contributed by atoms with Crippen molar-refractivity contribution in [3.8, 4) is 11.1 Å². The molecule has 1 aromatic carbocycles. The van der Waals surface area contributed by atoms with Gasteiger partial charge in [-0.1, -0.05) is 0 Å². The first-order valence-electron chi connectivity index (χ1n) is 9.52. The van der Waals surface area contributed by atoms with Crippen LogP contribution in [0.15, 0.2) is 30.6 Å². The van der Waals surface area contributed by atoms with Crippen LogP contribution in [0, 0.1) is 17.6 Å². The second-order valence-electron chi connectivity index (χ2n) is 7.26. The first-order valence-corrected chi connectivity index (χ1v) is 9.52. The topological polar surface area (TPSA) is 84.4 Å². The number of cyclic esters (lactones) is 1.